The highest BCUT2D eigenvalue weighted by molar-refractivity contribution is 5.46. The molecule has 1 aliphatic heterocycles. The minimum atomic E-state index is -0.200. The third-order valence-corrected chi connectivity index (χ3v) is 2.41. The van der Waals surface area contributed by atoms with Crippen LogP contribution in [-0.2, 0) is 4.79 Å². The van der Waals surface area contributed by atoms with Gasteiger partial charge in [0.25, 0.3) is 0 Å². The van der Waals surface area contributed by atoms with E-state index in [2.05, 4.69) is 18.7 Å². The van der Waals surface area contributed by atoms with Gasteiger partial charge < -0.3 is 5.21 Å². The molecule has 1 heterocycles. The molecule has 74 valence electrons. The van der Waals surface area contributed by atoms with Crippen LogP contribution in [0.1, 0.15) is 13.8 Å². The Kier molecular flexibility index (Phi) is 3.63. The van der Waals surface area contributed by atoms with Crippen molar-refractivity contribution in [3.63, 3.8) is 0 Å². The van der Waals surface area contributed by atoms with Gasteiger partial charge in [-0.2, -0.15) is 5.06 Å². The molecule has 4 nitrogen and oxygen atoms in total. The molecule has 1 rings (SSSR count). The van der Waals surface area contributed by atoms with Gasteiger partial charge in [0, 0.05) is 31.8 Å². The van der Waals surface area contributed by atoms with Gasteiger partial charge in [0.1, 0.15) is 5.94 Å². The zero-order chi connectivity index (χ0) is 9.84. The van der Waals surface area contributed by atoms with E-state index in [0.29, 0.717) is 19.1 Å². The molecule has 4 heteroatoms. The van der Waals surface area contributed by atoms with E-state index in [1.165, 1.54) is 11.1 Å². The maximum Gasteiger partial charge on any atom is 0.121 e. The van der Waals surface area contributed by atoms with Gasteiger partial charge in [-0.25, -0.2) is 4.79 Å². The van der Waals surface area contributed by atoms with Gasteiger partial charge in [-0.05, 0) is 13.8 Å². The molecule has 0 saturated carbocycles. The first-order valence-electron chi connectivity index (χ1n) is 4.55. The van der Waals surface area contributed by atoms with E-state index in [9.17, 15) is 10.0 Å². The van der Waals surface area contributed by atoms with Crippen molar-refractivity contribution < 1.29 is 10.0 Å². The lowest BCUT2D eigenvalue weighted by atomic mass is 10.1. The average molecular weight is 184 g/mol. The van der Waals surface area contributed by atoms with E-state index in [4.69, 9.17) is 0 Å². The van der Waals surface area contributed by atoms with Crippen LogP contribution in [0.4, 0.5) is 0 Å². The Morgan fingerprint density at radius 2 is 2.23 bits per heavy atom. The van der Waals surface area contributed by atoms with E-state index in [1.807, 2.05) is 0 Å². The molecule has 0 bridgehead atoms. The number of nitrogens with zero attached hydrogens (tertiary/aromatic N) is 2. The maximum atomic E-state index is 10.2. The predicted octanol–water partition coefficient (Wildman–Crippen LogP) is 0.158. The fourth-order valence-corrected chi connectivity index (χ4v) is 1.51. The number of hydrogen-bond donors (Lipinski definition) is 1. The monoisotopic (exact) mass is 184 g/mol. The van der Waals surface area contributed by atoms with Crippen molar-refractivity contribution in [1.29, 1.82) is 0 Å². The standard InChI is InChI=1S/C9H16N2O2/c1-8(2)10-4-5-11(13)9(7-10)3-6-12/h3,8-9,13H,4-5,7H2,1-2H3. The summed E-state index contributed by atoms with van der Waals surface area (Å²) in [4.78, 5) is 12.4. The molecule has 1 atom stereocenters. The molecular formula is C9H16N2O2. The largest absolute Gasteiger partial charge is 0.313 e. The SMILES string of the molecule is CC(C)N1CCN(O)C(C=C=O)C1. The second kappa shape index (κ2) is 4.53. The third-order valence-electron chi connectivity index (χ3n) is 2.41. The minimum absolute atomic E-state index is 0.200. The van der Waals surface area contributed by atoms with Gasteiger partial charge in [0.2, 0.25) is 0 Å². The van der Waals surface area contributed by atoms with Crippen molar-refractivity contribution in [3.8, 4) is 0 Å². The highest BCUT2D eigenvalue weighted by Crippen LogP contribution is 2.10. The average Bonchev–Trinajstić information content (AvgIpc) is 2.08. The zero-order valence-corrected chi connectivity index (χ0v) is 8.10. The Morgan fingerprint density at radius 3 is 2.77 bits per heavy atom. The summed E-state index contributed by atoms with van der Waals surface area (Å²) < 4.78 is 0. The lowest BCUT2D eigenvalue weighted by Crippen LogP contribution is -2.52. The quantitative estimate of drug-likeness (QED) is 0.621. The molecule has 0 amide bonds. The van der Waals surface area contributed by atoms with Crippen LogP contribution >= 0.6 is 0 Å². The first kappa shape index (κ1) is 10.4. The molecule has 1 fully saturated rings. The second-order valence-electron chi connectivity index (χ2n) is 3.60. The molecule has 0 aromatic rings. The van der Waals surface area contributed by atoms with Crippen LogP contribution in [0, 0.1) is 0 Å². The molecule has 0 aliphatic carbocycles. The molecular weight excluding hydrogens is 168 g/mol. The van der Waals surface area contributed by atoms with Crippen molar-refractivity contribution in [2.45, 2.75) is 25.9 Å². The molecule has 1 aliphatic rings. The summed E-state index contributed by atoms with van der Waals surface area (Å²) in [5.41, 5.74) is 0. The normalized spacial score (nSPS) is 26.0. The van der Waals surface area contributed by atoms with Gasteiger partial charge in [-0.15, -0.1) is 0 Å². The molecule has 13 heavy (non-hydrogen) atoms. The third kappa shape index (κ3) is 2.64. The van der Waals surface area contributed by atoms with Gasteiger partial charge >= 0.3 is 0 Å². The van der Waals surface area contributed by atoms with Crippen LogP contribution in [0.15, 0.2) is 6.08 Å². The van der Waals surface area contributed by atoms with E-state index in [0.717, 1.165) is 6.54 Å². The first-order valence-corrected chi connectivity index (χ1v) is 4.55. The van der Waals surface area contributed by atoms with Crippen molar-refractivity contribution in [2.24, 2.45) is 0 Å². The summed E-state index contributed by atoms with van der Waals surface area (Å²) >= 11 is 0. The Labute approximate surface area is 78.4 Å². The molecule has 0 aromatic heterocycles. The number of rotatable bonds is 2. The molecule has 0 spiro atoms. The smallest absolute Gasteiger partial charge is 0.121 e. The highest BCUT2D eigenvalue weighted by atomic mass is 16.5. The molecule has 1 unspecified atom stereocenters. The van der Waals surface area contributed by atoms with Crippen LogP contribution < -0.4 is 0 Å². The van der Waals surface area contributed by atoms with E-state index < -0.39 is 0 Å². The second-order valence-corrected chi connectivity index (χ2v) is 3.60. The Morgan fingerprint density at radius 1 is 1.54 bits per heavy atom. The summed E-state index contributed by atoms with van der Waals surface area (Å²) in [6, 6.07) is 0.255. The van der Waals surface area contributed by atoms with Crippen LogP contribution in [0.3, 0.4) is 0 Å². The molecule has 0 aromatic carbocycles. The van der Waals surface area contributed by atoms with E-state index >= 15 is 0 Å². The van der Waals surface area contributed by atoms with Crippen molar-refractivity contribution in [2.75, 3.05) is 19.6 Å². The van der Waals surface area contributed by atoms with Crippen molar-refractivity contribution in [3.05, 3.63) is 6.08 Å². The topological polar surface area (TPSA) is 43.8 Å². The number of hydrogen-bond acceptors (Lipinski definition) is 4. The summed E-state index contributed by atoms with van der Waals surface area (Å²) in [5, 5.41) is 10.6. The van der Waals surface area contributed by atoms with Gasteiger partial charge in [0.15, 0.2) is 0 Å². The van der Waals surface area contributed by atoms with Crippen LogP contribution in [0.5, 0.6) is 0 Å². The van der Waals surface area contributed by atoms with Gasteiger partial charge in [-0.1, -0.05) is 0 Å². The first-order chi connectivity index (χ1) is 6.15. The van der Waals surface area contributed by atoms with E-state index in [-0.39, 0.29) is 6.04 Å². The Bertz CT molecular complexity index is 212. The van der Waals surface area contributed by atoms with Crippen molar-refractivity contribution >= 4 is 5.94 Å². The molecule has 1 saturated heterocycles. The number of carbonyl (C=O) groups excluding carboxylic acids is 1. The van der Waals surface area contributed by atoms with E-state index in [1.54, 1.807) is 5.94 Å². The molecule has 0 radical (unpaired) electrons. The summed E-state index contributed by atoms with van der Waals surface area (Å²) in [6.07, 6.45) is 1.37. The summed E-state index contributed by atoms with van der Waals surface area (Å²) in [7, 11) is 0. The zero-order valence-electron chi connectivity index (χ0n) is 8.10. The fourth-order valence-electron chi connectivity index (χ4n) is 1.51. The summed E-state index contributed by atoms with van der Waals surface area (Å²) in [5.74, 6) is 1.72. The Balaban J connectivity index is 2.57. The van der Waals surface area contributed by atoms with Crippen LogP contribution in [0.25, 0.3) is 0 Å². The number of piperazine rings is 1. The molecule has 1 N–H and O–H groups in total. The number of hydroxylamine groups is 2. The highest BCUT2D eigenvalue weighted by Gasteiger charge is 2.25. The van der Waals surface area contributed by atoms with Gasteiger partial charge in [-0.3, -0.25) is 4.90 Å². The minimum Gasteiger partial charge on any atom is -0.313 e. The lowest BCUT2D eigenvalue weighted by molar-refractivity contribution is -0.144. The predicted molar refractivity (Wildman–Crippen MR) is 49.3 cm³/mol. The maximum absolute atomic E-state index is 10.2. The Hall–Kier alpha value is -0.670. The van der Waals surface area contributed by atoms with Crippen LogP contribution in [0.2, 0.25) is 0 Å². The lowest BCUT2D eigenvalue weighted by Gasteiger charge is -2.38. The summed E-state index contributed by atoms with van der Waals surface area (Å²) in [6.45, 7) is 6.34. The fraction of sp³-hybridized carbons (Fsp3) is 0.778. The van der Waals surface area contributed by atoms with Crippen molar-refractivity contribution in [1.82, 2.24) is 9.96 Å². The van der Waals surface area contributed by atoms with Gasteiger partial charge in [0.05, 0.1) is 6.04 Å². The van der Waals surface area contributed by atoms with Crippen LogP contribution in [-0.4, -0.2) is 52.8 Å².